The van der Waals surface area contributed by atoms with Gasteiger partial charge < -0.3 is 37.6 Å². The summed E-state index contributed by atoms with van der Waals surface area (Å²) >= 11 is 7.18. The maximum atomic E-state index is 5.96. The SMILES string of the molecule is COc1cc(-n2c3ccc(Br)cc3c3cc(Br)ccc32)cc(OC)c1OC.COc1cc(-n2c3ccc([Si](c4ccccc4)(c4ccccc4)c4ccccc4)cc3c3cc([Si](c4ccccc4)(c4ccccc4)c4ccccc4)ccc32)cc(OC)c1OC. The van der Waals surface area contributed by atoms with Crippen LogP contribution in [0.15, 0.2) is 288 Å². The fraction of sp³-hybridized carbons (Fsp3) is 0.0769. The van der Waals surface area contributed by atoms with E-state index in [2.05, 4.69) is 296 Å². The third-order valence-electron chi connectivity index (χ3n) is 17.4. The van der Waals surface area contributed by atoms with Gasteiger partial charge in [0.2, 0.25) is 11.5 Å². The van der Waals surface area contributed by atoms with E-state index in [0.717, 1.165) is 53.2 Å². The highest BCUT2D eigenvalue weighted by molar-refractivity contribution is 9.10. The lowest BCUT2D eigenvalue weighted by atomic mass is 10.1. The highest BCUT2D eigenvalue weighted by Gasteiger charge is 2.43. The van der Waals surface area contributed by atoms with Crippen molar-refractivity contribution >= 4 is 133 Å². The minimum Gasteiger partial charge on any atom is -0.493 e. The zero-order valence-corrected chi connectivity index (χ0v) is 55.8. The highest BCUT2D eigenvalue weighted by Crippen LogP contribution is 2.44. The molecule has 0 spiro atoms. The van der Waals surface area contributed by atoms with Gasteiger partial charge in [-0.1, -0.05) is 238 Å². The first-order chi connectivity index (χ1) is 44.2. The molecule has 0 N–H and O–H groups in total. The Labute approximate surface area is 543 Å². The number of aromatic nitrogens is 2. The molecule has 2 heterocycles. The topological polar surface area (TPSA) is 65.2 Å². The monoisotopic (exact) mass is 1340 g/mol. The molecule has 0 atom stereocenters. The molecule has 0 unspecified atom stereocenters. The summed E-state index contributed by atoms with van der Waals surface area (Å²) in [6, 6.07) is 102. The number of methoxy groups -OCH3 is 6. The lowest BCUT2D eigenvalue weighted by molar-refractivity contribution is 0.324. The molecule has 0 aliphatic heterocycles. The minimum absolute atomic E-state index is 0.558. The number of benzene rings is 12. The number of rotatable bonds is 16. The number of hydrogen-bond donors (Lipinski definition) is 0. The van der Waals surface area contributed by atoms with E-state index in [0.29, 0.717) is 34.5 Å². The lowest BCUT2D eigenvalue weighted by Gasteiger charge is -2.34. The average molecular weight is 1340 g/mol. The van der Waals surface area contributed by atoms with Crippen LogP contribution in [0.2, 0.25) is 0 Å². The second-order valence-corrected chi connectivity index (χ2v) is 31.4. The molecule has 14 aromatic rings. The molecular weight excluding hydrogens is 1280 g/mol. The second kappa shape index (κ2) is 25.5. The third-order valence-corrected chi connectivity index (χ3v) is 27.9. The summed E-state index contributed by atoms with van der Waals surface area (Å²) in [5.41, 5.74) is 6.22. The molecule has 8 nitrogen and oxygen atoms in total. The number of hydrogen-bond acceptors (Lipinski definition) is 6. The van der Waals surface area contributed by atoms with E-state index in [1.54, 1.807) is 42.7 Å². The van der Waals surface area contributed by atoms with E-state index >= 15 is 0 Å². The molecule has 0 aliphatic carbocycles. The fourth-order valence-corrected chi connectivity index (χ4v) is 23.8. The van der Waals surface area contributed by atoms with Gasteiger partial charge in [-0.15, -0.1) is 0 Å². The fourth-order valence-electron chi connectivity index (χ4n) is 13.5. The van der Waals surface area contributed by atoms with Gasteiger partial charge in [-0.3, -0.25) is 0 Å². The van der Waals surface area contributed by atoms with Gasteiger partial charge in [0, 0.05) is 54.8 Å². The molecule has 0 aliphatic rings. The van der Waals surface area contributed by atoms with E-state index in [1.807, 2.05) is 24.3 Å². The van der Waals surface area contributed by atoms with Crippen LogP contribution in [0.3, 0.4) is 0 Å². The van der Waals surface area contributed by atoms with Crippen LogP contribution in [-0.2, 0) is 0 Å². The van der Waals surface area contributed by atoms with Gasteiger partial charge in [0.15, 0.2) is 39.1 Å². The molecule has 0 amide bonds. The molecule has 2 aromatic heterocycles. The molecule has 0 fully saturated rings. The van der Waals surface area contributed by atoms with E-state index in [4.69, 9.17) is 28.4 Å². The number of ether oxygens (including phenoxy) is 6. The largest absolute Gasteiger partial charge is 0.493 e. The predicted molar refractivity (Wildman–Crippen MR) is 384 cm³/mol. The molecule has 14 rings (SSSR count). The Balaban J connectivity index is 0.000000229. The van der Waals surface area contributed by atoms with Crippen molar-refractivity contribution in [3.05, 3.63) is 288 Å². The van der Waals surface area contributed by atoms with Gasteiger partial charge in [-0.25, -0.2) is 0 Å². The summed E-state index contributed by atoms with van der Waals surface area (Å²) in [5, 5.41) is 15.3. The average Bonchev–Trinajstić information content (AvgIpc) is 1.36. The maximum absolute atomic E-state index is 5.96. The zero-order valence-electron chi connectivity index (χ0n) is 50.7. The van der Waals surface area contributed by atoms with Gasteiger partial charge in [0.05, 0.1) is 76.1 Å². The summed E-state index contributed by atoms with van der Waals surface area (Å²) in [6.45, 7) is 0. The Bertz CT molecular complexity index is 4390. The number of nitrogens with zero attached hydrogens (tertiary/aromatic N) is 2. The summed E-state index contributed by atoms with van der Waals surface area (Å²) < 4.78 is 40.9. The molecule has 0 saturated carbocycles. The highest BCUT2D eigenvalue weighted by atomic mass is 79.9. The first-order valence-electron chi connectivity index (χ1n) is 29.6. The number of fused-ring (bicyclic) bond motifs is 6. The molecule has 12 aromatic carbocycles. The Morgan fingerprint density at radius 2 is 0.478 bits per heavy atom. The van der Waals surface area contributed by atoms with E-state index < -0.39 is 16.1 Å². The first kappa shape index (κ1) is 59.4. The Hall–Kier alpha value is -9.57. The summed E-state index contributed by atoms with van der Waals surface area (Å²) in [4.78, 5) is 0. The number of halogens is 2. The third kappa shape index (κ3) is 10.2. The Morgan fingerprint density at radius 3 is 0.711 bits per heavy atom. The van der Waals surface area contributed by atoms with Crippen LogP contribution in [0, 0.1) is 0 Å². The molecule has 90 heavy (non-hydrogen) atoms. The van der Waals surface area contributed by atoms with Crippen LogP contribution in [-0.4, -0.2) is 67.9 Å². The van der Waals surface area contributed by atoms with Gasteiger partial charge in [-0.2, -0.15) is 0 Å². The predicted octanol–water partition coefficient (Wildman–Crippen LogP) is 13.9. The van der Waals surface area contributed by atoms with Crippen molar-refractivity contribution in [2.45, 2.75) is 0 Å². The lowest BCUT2D eigenvalue weighted by Crippen LogP contribution is -2.74. The summed E-state index contributed by atoms with van der Waals surface area (Å²) in [6.07, 6.45) is 0. The first-order valence-corrected chi connectivity index (χ1v) is 35.2. The zero-order chi connectivity index (χ0) is 61.9. The van der Waals surface area contributed by atoms with E-state index in [1.165, 1.54) is 52.3 Å². The van der Waals surface area contributed by atoms with E-state index in [-0.39, 0.29) is 0 Å². The summed E-state index contributed by atoms with van der Waals surface area (Å²) in [7, 11) is 4.09. The van der Waals surface area contributed by atoms with Gasteiger partial charge in [-0.05, 0) is 90.0 Å². The molecule has 12 heteroatoms. The molecular formula is C78H64Br2N2O6Si2. The molecule has 0 saturated heterocycles. The van der Waals surface area contributed by atoms with Crippen molar-refractivity contribution < 1.29 is 28.4 Å². The van der Waals surface area contributed by atoms with E-state index in [9.17, 15) is 0 Å². The van der Waals surface area contributed by atoms with Crippen LogP contribution in [0.5, 0.6) is 34.5 Å². The van der Waals surface area contributed by atoms with Gasteiger partial charge in [0.25, 0.3) is 0 Å². The minimum atomic E-state index is -2.88. The normalized spacial score (nSPS) is 11.6. The standard InChI is InChI=1S/C57H47NO3Si2.C21H17Br2NO3/c1-59-55-38-42(39-56(60-2)57(55)61-3)58-53-36-34-49(62(43-22-10-4-11-23-43,44-24-12-5-13-25-44)45-26-14-6-15-27-45)40-51(53)52-41-50(35-37-54(52)58)63(46-28-16-7-17-29-46,47-30-18-8-19-31-47)48-32-20-9-21-33-48;1-25-19-10-14(11-20(26-2)21(19)27-3)24-17-6-4-12(22)8-15(17)16-9-13(23)5-7-18(16)24/h4-41H,1-3H3;4-11H,1-3H3. The molecule has 0 bridgehead atoms. The maximum Gasteiger partial charge on any atom is 0.203 e. The molecule has 444 valence electrons. The second-order valence-electron chi connectivity index (χ2n) is 21.9. The van der Waals surface area contributed by atoms with Crippen molar-refractivity contribution in [3.8, 4) is 45.9 Å². The van der Waals surface area contributed by atoms with Crippen LogP contribution in [0.1, 0.15) is 0 Å². The van der Waals surface area contributed by atoms with Crippen molar-refractivity contribution in [1.29, 1.82) is 0 Å². The smallest absolute Gasteiger partial charge is 0.203 e. The van der Waals surface area contributed by atoms with Crippen LogP contribution in [0.4, 0.5) is 0 Å². The van der Waals surface area contributed by atoms with Crippen molar-refractivity contribution in [2.75, 3.05) is 42.7 Å². The van der Waals surface area contributed by atoms with Gasteiger partial charge >= 0.3 is 0 Å². The molecule has 0 radical (unpaired) electrons. The Morgan fingerprint density at radius 1 is 0.244 bits per heavy atom. The van der Waals surface area contributed by atoms with Crippen molar-refractivity contribution in [2.24, 2.45) is 0 Å². The summed E-state index contributed by atoms with van der Waals surface area (Å²) in [5.74, 6) is 3.58. The van der Waals surface area contributed by atoms with Crippen LogP contribution < -0.4 is 69.9 Å². The Kier molecular flexibility index (Phi) is 16.8. The van der Waals surface area contributed by atoms with Crippen molar-refractivity contribution in [3.63, 3.8) is 0 Å². The quantitative estimate of drug-likeness (QED) is 0.0709. The van der Waals surface area contributed by atoms with Crippen molar-refractivity contribution in [1.82, 2.24) is 9.13 Å². The van der Waals surface area contributed by atoms with Gasteiger partial charge in [0.1, 0.15) is 0 Å². The van der Waals surface area contributed by atoms with Crippen LogP contribution in [0.25, 0.3) is 55.0 Å². The van der Waals surface area contributed by atoms with Crippen LogP contribution >= 0.6 is 31.9 Å².